The van der Waals surface area contributed by atoms with E-state index in [1.54, 1.807) is 0 Å². The highest BCUT2D eigenvalue weighted by molar-refractivity contribution is 7.80. The van der Waals surface area contributed by atoms with Crippen molar-refractivity contribution in [2.24, 2.45) is 5.41 Å². The molecule has 0 aromatic carbocycles. The Labute approximate surface area is 164 Å². The van der Waals surface area contributed by atoms with Gasteiger partial charge in [-0.05, 0) is 37.5 Å². The SMILES string of the molecule is O=S(=O)([O-])OCCCCCCCCCCCC(CCO)(CCO)CCO.[NH4+]. The second kappa shape index (κ2) is 17.8. The van der Waals surface area contributed by atoms with E-state index in [-0.39, 0.29) is 38.0 Å². The number of aliphatic hydroxyl groups is 3. The molecular formula is C18H41NO7S. The molecule has 0 bridgehead atoms. The first kappa shape index (κ1) is 28.9. The Morgan fingerprint density at radius 1 is 0.667 bits per heavy atom. The first-order valence-electron chi connectivity index (χ1n) is 9.82. The normalized spacial score (nSPS) is 12.1. The molecule has 27 heavy (non-hydrogen) atoms. The first-order chi connectivity index (χ1) is 12.4. The van der Waals surface area contributed by atoms with E-state index in [1.807, 2.05) is 0 Å². The standard InChI is InChI=1S/C18H38O7S.H3N/c19-14-11-18(12-15-20,13-16-21)10-8-6-4-2-1-3-5-7-9-17-25-26(22,23)24;/h19-21H,1-17H2,(H,22,23,24);1H3. The summed E-state index contributed by atoms with van der Waals surface area (Å²) >= 11 is 0. The van der Waals surface area contributed by atoms with Crippen LogP contribution in [0.5, 0.6) is 0 Å². The van der Waals surface area contributed by atoms with Crippen LogP contribution < -0.4 is 6.15 Å². The molecule has 0 fully saturated rings. The maximum Gasteiger partial charge on any atom is 0.217 e. The van der Waals surface area contributed by atoms with E-state index in [2.05, 4.69) is 4.18 Å². The summed E-state index contributed by atoms with van der Waals surface area (Å²) < 4.78 is 34.9. The Kier molecular flexibility index (Phi) is 19.0. The Bertz CT molecular complexity index is 401. The van der Waals surface area contributed by atoms with E-state index in [1.165, 1.54) is 0 Å². The highest BCUT2D eigenvalue weighted by Crippen LogP contribution is 2.36. The highest BCUT2D eigenvalue weighted by Gasteiger charge is 2.27. The molecule has 0 radical (unpaired) electrons. The predicted molar refractivity (Wildman–Crippen MR) is 105 cm³/mol. The van der Waals surface area contributed by atoms with Crippen molar-refractivity contribution in [2.45, 2.75) is 83.5 Å². The molecule has 0 aromatic heterocycles. The summed E-state index contributed by atoms with van der Waals surface area (Å²) in [6, 6.07) is 0. The summed E-state index contributed by atoms with van der Waals surface area (Å²) in [5, 5.41) is 27.8. The summed E-state index contributed by atoms with van der Waals surface area (Å²) in [6.45, 7) is 0.243. The van der Waals surface area contributed by atoms with Gasteiger partial charge < -0.3 is 26.0 Å². The Balaban J connectivity index is 0. The van der Waals surface area contributed by atoms with Crippen molar-refractivity contribution in [1.29, 1.82) is 0 Å². The molecule has 7 N–H and O–H groups in total. The average Bonchev–Trinajstić information content (AvgIpc) is 2.55. The van der Waals surface area contributed by atoms with E-state index in [0.717, 1.165) is 57.8 Å². The van der Waals surface area contributed by atoms with Gasteiger partial charge in [0.05, 0.1) is 6.61 Å². The van der Waals surface area contributed by atoms with Crippen molar-refractivity contribution in [1.82, 2.24) is 6.15 Å². The number of unbranched alkanes of at least 4 members (excludes halogenated alkanes) is 8. The van der Waals surface area contributed by atoms with Crippen LogP contribution in [0.15, 0.2) is 0 Å². The molecule has 0 aliphatic carbocycles. The Morgan fingerprint density at radius 3 is 1.41 bits per heavy atom. The van der Waals surface area contributed by atoms with Gasteiger partial charge in [0.15, 0.2) is 0 Å². The molecule has 0 aliphatic rings. The number of aliphatic hydroxyl groups excluding tert-OH is 3. The number of quaternary nitrogens is 1. The first-order valence-corrected chi connectivity index (χ1v) is 11.2. The number of hydrogen-bond donors (Lipinski definition) is 4. The predicted octanol–water partition coefficient (Wildman–Crippen LogP) is 2.87. The van der Waals surface area contributed by atoms with E-state index in [0.29, 0.717) is 25.7 Å². The molecular weight excluding hydrogens is 374 g/mol. The fraction of sp³-hybridized carbons (Fsp3) is 1.00. The van der Waals surface area contributed by atoms with Crippen LogP contribution in [0.3, 0.4) is 0 Å². The van der Waals surface area contributed by atoms with Gasteiger partial charge in [-0.3, -0.25) is 4.18 Å². The lowest BCUT2D eigenvalue weighted by molar-refractivity contribution is 0.0885. The highest BCUT2D eigenvalue weighted by atomic mass is 32.3. The summed E-state index contributed by atoms with van der Waals surface area (Å²) in [5.41, 5.74) is -0.141. The molecule has 0 heterocycles. The van der Waals surface area contributed by atoms with Crippen LogP contribution in [0.1, 0.15) is 83.5 Å². The molecule has 0 unspecified atom stereocenters. The van der Waals surface area contributed by atoms with Crippen LogP contribution in [0, 0.1) is 5.41 Å². The monoisotopic (exact) mass is 415 g/mol. The molecule has 0 amide bonds. The number of rotatable bonds is 19. The van der Waals surface area contributed by atoms with Gasteiger partial charge in [0.1, 0.15) is 0 Å². The molecule has 0 aliphatic heterocycles. The van der Waals surface area contributed by atoms with Gasteiger partial charge in [-0.25, -0.2) is 8.42 Å². The number of hydrogen-bond acceptors (Lipinski definition) is 7. The molecule has 0 aromatic rings. The molecule has 8 nitrogen and oxygen atoms in total. The van der Waals surface area contributed by atoms with Gasteiger partial charge in [-0.15, -0.1) is 0 Å². The molecule has 0 saturated carbocycles. The average molecular weight is 416 g/mol. The van der Waals surface area contributed by atoms with Crippen LogP contribution in [0.25, 0.3) is 0 Å². The van der Waals surface area contributed by atoms with Crippen molar-refractivity contribution in [2.75, 3.05) is 26.4 Å². The van der Waals surface area contributed by atoms with Crippen LogP contribution >= 0.6 is 0 Å². The largest absolute Gasteiger partial charge is 0.726 e. The van der Waals surface area contributed by atoms with E-state index >= 15 is 0 Å². The maximum atomic E-state index is 10.2. The molecule has 0 atom stereocenters. The summed E-state index contributed by atoms with van der Waals surface area (Å²) in [6.07, 6.45) is 12.0. The smallest absolute Gasteiger partial charge is 0.217 e. The van der Waals surface area contributed by atoms with E-state index in [4.69, 9.17) is 0 Å². The van der Waals surface area contributed by atoms with Gasteiger partial charge in [-0.1, -0.05) is 51.4 Å². The lowest BCUT2D eigenvalue weighted by atomic mass is 9.74. The second-order valence-electron chi connectivity index (χ2n) is 7.08. The topological polar surface area (TPSA) is 164 Å². The molecule has 0 spiro atoms. The van der Waals surface area contributed by atoms with Gasteiger partial charge in [-0.2, -0.15) is 0 Å². The zero-order chi connectivity index (χ0) is 19.7. The minimum Gasteiger partial charge on any atom is -0.726 e. The molecule has 9 heteroatoms. The third kappa shape index (κ3) is 17.5. The maximum absolute atomic E-state index is 10.2. The van der Waals surface area contributed by atoms with Crippen LogP contribution in [-0.4, -0.2) is 54.7 Å². The van der Waals surface area contributed by atoms with Crippen molar-refractivity contribution in [3.05, 3.63) is 0 Å². The van der Waals surface area contributed by atoms with Crippen molar-refractivity contribution in [3.8, 4) is 0 Å². The lowest BCUT2D eigenvalue weighted by Gasteiger charge is -2.32. The van der Waals surface area contributed by atoms with E-state index < -0.39 is 10.4 Å². The quantitative estimate of drug-likeness (QED) is 0.143. The second-order valence-corrected chi connectivity index (χ2v) is 8.14. The van der Waals surface area contributed by atoms with Crippen molar-refractivity contribution >= 4 is 10.4 Å². The minimum atomic E-state index is -4.55. The molecule has 0 rings (SSSR count). The van der Waals surface area contributed by atoms with Gasteiger partial charge in [0, 0.05) is 19.8 Å². The van der Waals surface area contributed by atoms with Crippen molar-refractivity contribution in [3.63, 3.8) is 0 Å². The molecule has 166 valence electrons. The zero-order valence-electron chi connectivity index (χ0n) is 16.9. The Morgan fingerprint density at radius 2 is 1.04 bits per heavy atom. The molecule has 0 saturated heterocycles. The zero-order valence-corrected chi connectivity index (χ0v) is 17.7. The van der Waals surface area contributed by atoms with Crippen LogP contribution in [0.4, 0.5) is 0 Å². The van der Waals surface area contributed by atoms with Crippen LogP contribution in [0.2, 0.25) is 0 Å². The fourth-order valence-corrected chi connectivity index (χ4v) is 3.78. The minimum absolute atomic E-state index is 0. The summed E-state index contributed by atoms with van der Waals surface area (Å²) in [5.74, 6) is 0. The van der Waals surface area contributed by atoms with Crippen molar-refractivity contribution < 1.29 is 32.5 Å². The van der Waals surface area contributed by atoms with Gasteiger partial charge in [0.25, 0.3) is 0 Å². The van der Waals surface area contributed by atoms with Crippen LogP contribution in [-0.2, 0) is 14.6 Å². The van der Waals surface area contributed by atoms with E-state index in [9.17, 15) is 28.3 Å². The van der Waals surface area contributed by atoms with Gasteiger partial charge >= 0.3 is 0 Å². The lowest BCUT2D eigenvalue weighted by Crippen LogP contribution is -2.25. The third-order valence-corrected chi connectivity index (χ3v) is 5.46. The van der Waals surface area contributed by atoms with Gasteiger partial charge in [0.2, 0.25) is 10.4 Å². The third-order valence-electron chi connectivity index (χ3n) is 5.01. The Hall–Kier alpha value is -0.290. The summed E-state index contributed by atoms with van der Waals surface area (Å²) in [7, 11) is -4.55. The summed E-state index contributed by atoms with van der Waals surface area (Å²) in [4.78, 5) is 0. The fourth-order valence-electron chi connectivity index (χ4n) is 3.46.